The molecule has 0 bridgehead atoms. The second-order valence-electron chi connectivity index (χ2n) is 7.34. The summed E-state index contributed by atoms with van der Waals surface area (Å²) in [5.41, 5.74) is 1.41. The zero-order valence-corrected chi connectivity index (χ0v) is 20.3. The molecule has 0 aromatic heterocycles. The van der Waals surface area contributed by atoms with Crippen molar-refractivity contribution in [2.75, 3.05) is 40.0 Å². The van der Waals surface area contributed by atoms with Crippen molar-refractivity contribution in [2.24, 2.45) is 10.9 Å². The highest BCUT2D eigenvalue weighted by atomic mass is 127. The number of rotatable bonds is 9. The second kappa shape index (κ2) is 13.2. The van der Waals surface area contributed by atoms with Crippen LogP contribution in [0.3, 0.4) is 0 Å². The number of aliphatic imine (C=N–C) groups is 1. The lowest BCUT2D eigenvalue weighted by Gasteiger charge is -2.38. The third kappa shape index (κ3) is 7.10. The van der Waals surface area contributed by atoms with Gasteiger partial charge in [0.15, 0.2) is 5.96 Å². The first-order valence-corrected chi connectivity index (χ1v) is 10.4. The smallest absolute Gasteiger partial charge is 0.191 e. The average molecular weight is 503 g/mol. The summed E-state index contributed by atoms with van der Waals surface area (Å²) >= 11 is 0. The first kappa shape index (κ1) is 25.0. The molecule has 1 aliphatic rings. The van der Waals surface area contributed by atoms with Crippen LogP contribution < -0.4 is 15.4 Å². The Morgan fingerprint density at radius 2 is 1.75 bits per heavy atom. The van der Waals surface area contributed by atoms with Crippen LogP contribution in [-0.4, -0.2) is 45.9 Å². The molecule has 0 aliphatic carbocycles. The zero-order chi connectivity index (χ0) is 19.5. The van der Waals surface area contributed by atoms with Gasteiger partial charge in [0.05, 0.1) is 6.61 Å². The van der Waals surface area contributed by atoms with Gasteiger partial charge < -0.3 is 20.1 Å². The fourth-order valence-electron chi connectivity index (χ4n) is 3.69. The maximum atomic E-state index is 5.65. The number of benzene rings is 1. The number of halogens is 1. The van der Waals surface area contributed by atoms with Crippen LogP contribution >= 0.6 is 24.0 Å². The van der Waals surface area contributed by atoms with Crippen molar-refractivity contribution >= 4 is 29.9 Å². The van der Waals surface area contributed by atoms with Gasteiger partial charge in [-0.05, 0) is 43.4 Å². The van der Waals surface area contributed by atoms with Crippen molar-refractivity contribution in [1.29, 1.82) is 0 Å². The van der Waals surface area contributed by atoms with Crippen LogP contribution in [0.25, 0.3) is 0 Å². The minimum Gasteiger partial charge on any atom is -0.494 e. The van der Waals surface area contributed by atoms with Crippen LogP contribution in [0.5, 0.6) is 5.75 Å². The number of hydrogen-bond acceptors (Lipinski definition) is 3. The van der Waals surface area contributed by atoms with Crippen LogP contribution in [0, 0.1) is 5.92 Å². The molecule has 1 aromatic carbocycles. The monoisotopic (exact) mass is 503 g/mol. The van der Waals surface area contributed by atoms with Gasteiger partial charge in [-0.3, -0.25) is 4.99 Å². The molecule has 160 valence electrons. The fraction of sp³-hybridized carbons (Fsp3) is 0.682. The van der Waals surface area contributed by atoms with Crippen LogP contribution in [0.1, 0.15) is 52.0 Å². The quantitative estimate of drug-likeness (QED) is 0.299. The highest BCUT2D eigenvalue weighted by molar-refractivity contribution is 14.0. The average Bonchev–Trinajstić information content (AvgIpc) is 2.72. The molecule has 0 unspecified atom stereocenters. The van der Waals surface area contributed by atoms with E-state index in [0.29, 0.717) is 12.5 Å². The lowest BCUT2D eigenvalue weighted by Crippen LogP contribution is -2.48. The van der Waals surface area contributed by atoms with Crippen LogP contribution in [0.15, 0.2) is 29.3 Å². The van der Waals surface area contributed by atoms with Crippen LogP contribution in [0.2, 0.25) is 0 Å². The molecule has 1 aromatic rings. The number of nitrogens with zero attached hydrogens (tertiary/aromatic N) is 1. The van der Waals surface area contributed by atoms with Gasteiger partial charge in [0.2, 0.25) is 0 Å². The molecule has 6 heteroatoms. The Bertz CT molecular complexity index is 568. The minimum absolute atomic E-state index is 0. The van der Waals surface area contributed by atoms with Crippen molar-refractivity contribution in [3.05, 3.63) is 29.8 Å². The molecule has 0 radical (unpaired) electrons. The summed E-state index contributed by atoms with van der Waals surface area (Å²) in [7, 11) is 1.84. The number of ether oxygens (including phenoxy) is 2. The third-order valence-electron chi connectivity index (χ3n) is 5.76. The van der Waals surface area contributed by atoms with Crippen molar-refractivity contribution in [3.63, 3.8) is 0 Å². The van der Waals surface area contributed by atoms with Gasteiger partial charge in [-0.2, -0.15) is 0 Å². The van der Waals surface area contributed by atoms with E-state index in [1.165, 1.54) is 18.4 Å². The lowest BCUT2D eigenvalue weighted by molar-refractivity contribution is 0.0513. The summed E-state index contributed by atoms with van der Waals surface area (Å²) in [5, 5.41) is 7.07. The van der Waals surface area contributed by atoms with E-state index in [1.54, 1.807) is 0 Å². The summed E-state index contributed by atoms with van der Waals surface area (Å²) in [6, 6.07) is 8.57. The number of guanidine groups is 1. The molecule has 1 fully saturated rings. The van der Waals surface area contributed by atoms with E-state index in [1.807, 2.05) is 14.0 Å². The molecule has 0 spiro atoms. The lowest BCUT2D eigenvalue weighted by atomic mass is 9.74. The second-order valence-corrected chi connectivity index (χ2v) is 7.34. The third-order valence-corrected chi connectivity index (χ3v) is 5.76. The topological polar surface area (TPSA) is 54.9 Å². The summed E-state index contributed by atoms with van der Waals surface area (Å²) in [6.07, 6.45) is 4.40. The molecule has 28 heavy (non-hydrogen) atoms. The standard InChI is InChI=1S/C22H37N3O2.HI/c1-5-18(6-2)16-24-21(23-4)25-17-22(12-14-26-15-13-22)19-8-10-20(11-9-19)27-7-3;/h8-11,18H,5-7,12-17H2,1-4H3,(H2,23,24,25);1H. The van der Waals surface area contributed by atoms with Crippen LogP contribution in [-0.2, 0) is 10.2 Å². The predicted molar refractivity (Wildman–Crippen MR) is 128 cm³/mol. The molecule has 0 saturated carbocycles. The van der Waals surface area contributed by atoms with Gasteiger partial charge >= 0.3 is 0 Å². The Labute approximate surface area is 188 Å². The Morgan fingerprint density at radius 1 is 1.11 bits per heavy atom. The van der Waals surface area contributed by atoms with E-state index in [0.717, 1.165) is 50.9 Å². The molecule has 2 N–H and O–H groups in total. The summed E-state index contributed by atoms with van der Waals surface area (Å²) in [4.78, 5) is 4.42. The van der Waals surface area contributed by atoms with Crippen molar-refractivity contribution in [2.45, 2.75) is 51.9 Å². The summed E-state index contributed by atoms with van der Waals surface area (Å²) in [5.74, 6) is 2.50. The van der Waals surface area contributed by atoms with Crippen molar-refractivity contribution in [3.8, 4) is 5.75 Å². The molecule has 0 amide bonds. The largest absolute Gasteiger partial charge is 0.494 e. The normalized spacial score (nSPS) is 16.4. The first-order chi connectivity index (χ1) is 13.2. The fourth-order valence-corrected chi connectivity index (χ4v) is 3.69. The molecule has 0 atom stereocenters. The molecule has 1 heterocycles. The Morgan fingerprint density at radius 3 is 2.29 bits per heavy atom. The molecule has 1 aliphatic heterocycles. The van der Waals surface area contributed by atoms with Crippen molar-refractivity contribution < 1.29 is 9.47 Å². The maximum absolute atomic E-state index is 5.65. The van der Waals surface area contributed by atoms with E-state index in [2.05, 4.69) is 53.7 Å². The molecule has 1 saturated heterocycles. The van der Waals surface area contributed by atoms with Crippen LogP contribution in [0.4, 0.5) is 0 Å². The number of nitrogens with one attached hydrogen (secondary N) is 2. The summed E-state index contributed by atoms with van der Waals surface area (Å²) in [6.45, 7) is 10.6. The van der Waals surface area contributed by atoms with E-state index in [4.69, 9.17) is 9.47 Å². The van der Waals surface area contributed by atoms with Gasteiger partial charge in [-0.1, -0.05) is 38.8 Å². The molecule has 5 nitrogen and oxygen atoms in total. The number of hydrogen-bond donors (Lipinski definition) is 2. The van der Waals surface area contributed by atoms with E-state index in [9.17, 15) is 0 Å². The SMILES string of the molecule is CCOc1ccc(C2(CNC(=NC)NCC(CC)CC)CCOCC2)cc1.I. The first-order valence-electron chi connectivity index (χ1n) is 10.4. The zero-order valence-electron chi connectivity index (χ0n) is 17.9. The minimum atomic E-state index is 0. The van der Waals surface area contributed by atoms with Gasteiger partial charge in [0.1, 0.15) is 5.75 Å². The summed E-state index contributed by atoms with van der Waals surface area (Å²) < 4.78 is 11.3. The predicted octanol–water partition coefficient (Wildman–Crippen LogP) is 4.35. The van der Waals surface area contributed by atoms with E-state index < -0.39 is 0 Å². The van der Waals surface area contributed by atoms with Gasteiger partial charge in [0.25, 0.3) is 0 Å². The molecule has 2 rings (SSSR count). The van der Waals surface area contributed by atoms with E-state index in [-0.39, 0.29) is 29.4 Å². The van der Waals surface area contributed by atoms with Gasteiger partial charge in [0, 0.05) is 38.8 Å². The Balaban J connectivity index is 0.00000392. The highest BCUT2D eigenvalue weighted by Crippen LogP contribution is 2.35. The highest BCUT2D eigenvalue weighted by Gasteiger charge is 2.34. The Hall–Kier alpha value is -1.02. The Kier molecular flexibility index (Phi) is 11.8. The maximum Gasteiger partial charge on any atom is 0.191 e. The van der Waals surface area contributed by atoms with Gasteiger partial charge in [-0.15, -0.1) is 24.0 Å². The molecular formula is C22H38IN3O2. The van der Waals surface area contributed by atoms with E-state index >= 15 is 0 Å². The molecular weight excluding hydrogens is 465 g/mol. The van der Waals surface area contributed by atoms with Crippen molar-refractivity contribution in [1.82, 2.24) is 10.6 Å². The van der Waals surface area contributed by atoms with Gasteiger partial charge in [-0.25, -0.2) is 0 Å².